The lowest BCUT2D eigenvalue weighted by Crippen LogP contribution is -2.25. The second kappa shape index (κ2) is 6.04. The van der Waals surface area contributed by atoms with Crippen molar-refractivity contribution in [3.05, 3.63) is 52.1 Å². The van der Waals surface area contributed by atoms with Gasteiger partial charge in [-0.1, -0.05) is 24.3 Å². The molecule has 0 radical (unpaired) electrons. The van der Waals surface area contributed by atoms with Crippen LogP contribution in [0.5, 0.6) is 0 Å². The van der Waals surface area contributed by atoms with Gasteiger partial charge in [0.2, 0.25) is 5.95 Å². The van der Waals surface area contributed by atoms with E-state index in [0.717, 1.165) is 12.3 Å². The van der Waals surface area contributed by atoms with Crippen molar-refractivity contribution in [2.24, 2.45) is 0 Å². The first kappa shape index (κ1) is 15.6. The largest absolute Gasteiger partial charge is 0.369 e. The van der Waals surface area contributed by atoms with E-state index in [1.54, 1.807) is 0 Å². The van der Waals surface area contributed by atoms with Crippen molar-refractivity contribution in [3.63, 3.8) is 0 Å². The zero-order valence-corrected chi connectivity index (χ0v) is 13.3. The summed E-state index contributed by atoms with van der Waals surface area (Å²) in [5.74, 6) is 0.981. The summed E-state index contributed by atoms with van der Waals surface area (Å²) in [6.45, 7) is 0.503. The number of fused-ring (bicyclic) bond motifs is 1. The maximum Gasteiger partial charge on any atom is 0.283 e. The maximum atomic E-state index is 12.3. The van der Waals surface area contributed by atoms with Crippen molar-refractivity contribution in [1.29, 1.82) is 0 Å². The number of aryl methyl sites for hydroxylation is 1. The molecule has 120 valence electrons. The molecule has 23 heavy (non-hydrogen) atoms. The van der Waals surface area contributed by atoms with Gasteiger partial charge < -0.3 is 10.7 Å². The van der Waals surface area contributed by atoms with Gasteiger partial charge in [0.05, 0.1) is 6.33 Å². The van der Waals surface area contributed by atoms with Crippen LogP contribution in [0.1, 0.15) is 29.9 Å². The number of nitrogens with zero attached hydrogens (tertiary/aromatic N) is 3. The average molecular weight is 332 g/mol. The minimum absolute atomic E-state index is 0. The number of nitrogens with two attached hydrogens (primary N) is 1. The molecule has 4 rings (SSSR count). The molecule has 0 amide bonds. The highest BCUT2D eigenvalue weighted by atomic mass is 35.5. The summed E-state index contributed by atoms with van der Waals surface area (Å²) >= 11 is 0. The zero-order valence-electron chi connectivity index (χ0n) is 12.5. The average Bonchev–Trinajstić information content (AvgIpc) is 3.26. The van der Waals surface area contributed by atoms with Gasteiger partial charge >= 0.3 is 0 Å². The lowest BCUT2D eigenvalue weighted by molar-refractivity contribution is 0.673. The molecule has 1 aliphatic rings. The Labute approximate surface area is 139 Å². The van der Waals surface area contributed by atoms with Crippen molar-refractivity contribution >= 4 is 29.5 Å². The van der Waals surface area contributed by atoms with Crippen LogP contribution in [0.25, 0.3) is 11.2 Å². The Morgan fingerprint density at radius 3 is 2.70 bits per heavy atom. The van der Waals surface area contributed by atoms with E-state index in [2.05, 4.69) is 39.2 Å². The van der Waals surface area contributed by atoms with Gasteiger partial charge in [-0.2, -0.15) is 4.98 Å². The molecular formula is C16H18ClN5O. The van der Waals surface area contributed by atoms with Gasteiger partial charge in [0.1, 0.15) is 0 Å². The third kappa shape index (κ3) is 2.94. The molecule has 1 saturated carbocycles. The maximum absolute atomic E-state index is 12.3. The summed E-state index contributed by atoms with van der Waals surface area (Å²) in [4.78, 5) is 23.3. The Bertz CT molecular complexity index is 880. The minimum atomic E-state index is -0.196. The fourth-order valence-corrected chi connectivity index (χ4v) is 2.77. The first-order valence-electron chi connectivity index (χ1n) is 7.50. The Hall–Kier alpha value is -2.34. The van der Waals surface area contributed by atoms with Gasteiger partial charge in [-0.15, -0.1) is 12.4 Å². The van der Waals surface area contributed by atoms with Crippen LogP contribution in [0.15, 0.2) is 35.4 Å². The monoisotopic (exact) mass is 331 g/mol. The van der Waals surface area contributed by atoms with E-state index in [4.69, 9.17) is 5.73 Å². The Morgan fingerprint density at radius 2 is 2.00 bits per heavy atom. The standard InChI is InChI=1S/C16H17N5O.ClH/c17-16-20-14-13(18-9-19-14)15(22)21(16)8-7-10-1-3-11(4-2-10)12-5-6-12;/h1-4,9,12H,5-8H2,(H2,17,20)(H,18,19);1H. The van der Waals surface area contributed by atoms with E-state index in [1.807, 2.05) is 0 Å². The van der Waals surface area contributed by atoms with E-state index in [0.29, 0.717) is 17.7 Å². The molecule has 6 nitrogen and oxygen atoms in total. The van der Waals surface area contributed by atoms with Crippen LogP contribution in [0, 0.1) is 0 Å². The minimum Gasteiger partial charge on any atom is -0.369 e. The summed E-state index contributed by atoms with van der Waals surface area (Å²) < 4.78 is 1.48. The van der Waals surface area contributed by atoms with E-state index >= 15 is 0 Å². The van der Waals surface area contributed by atoms with Gasteiger partial charge in [-0.3, -0.25) is 9.36 Å². The van der Waals surface area contributed by atoms with Crippen LogP contribution >= 0.6 is 12.4 Å². The SMILES string of the molecule is Cl.Nc1nc2[nH]cnc2c(=O)n1CCc1ccc(C2CC2)cc1. The van der Waals surface area contributed by atoms with Crippen LogP contribution in [-0.4, -0.2) is 19.5 Å². The molecule has 7 heteroatoms. The number of rotatable bonds is 4. The van der Waals surface area contributed by atoms with Crippen LogP contribution in [0.3, 0.4) is 0 Å². The fraction of sp³-hybridized carbons (Fsp3) is 0.312. The van der Waals surface area contributed by atoms with Crippen LogP contribution in [0.2, 0.25) is 0 Å². The normalized spacial score (nSPS) is 13.9. The van der Waals surface area contributed by atoms with E-state index in [-0.39, 0.29) is 23.9 Å². The van der Waals surface area contributed by atoms with Gasteiger partial charge in [-0.25, -0.2) is 4.98 Å². The van der Waals surface area contributed by atoms with E-state index in [9.17, 15) is 4.79 Å². The topological polar surface area (TPSA) is 89.6 Å². The van der Waals surface area contributed by atoms with Crippen LogP contribution < -0.4 is 11.3 Å². The molecule has 0 atom stereocenters. The molecule has 1 fully saturated rings. The molecule has 1 aromatic carbocycles. The highest BCUT2D eigenvalue weighted by Crippen LogP contribution is 2.39. The predicted octanol–water partition coefficient (Wildman–Crippen LogP) is 2.24. The Morgan fingerprint density at radius 1 is 1.26 bits per heavy atom. The third-order valence-corrected chi connectivity index (χ3v) is 4.22. The van der Waals surface area contributed by atoms with E-state index < -0.39 is 0 Å². The van der Waals surface area contributed by atoms with Crippen molar-refractivity contribution < 1.29 is 0 Å². The predicted molar refractivity (Wildman–Crippen MR) is 91.9 cm³/mol. The number of hydrogen-bond acceptors (Lipinski definition) is 4. The summed E-state index contributed by atoms with van der Waals surface area (Å²) in [7, 11) is 0. The fourth-order valence-electron chi connectivity index (χ4n) is 2.77. The van der Waals surface area contributed by atoms with Gasteiger partial charge in [0, 0.05) is 6.54 Å². The van der Waals surface area contributed by atoms with Gasteiger partial charge in [-0.05, 0) is 36.3 Å². The van der Waals surface area contributed by atoms with Crippen molar-refractivity contribution in [1.82, 2.24) is 19.5 Å². The van der Waals surface area contributed by atoms with E-state index in [1.165, 1.54) is 34.9 Å². The van der Waals surface area contributed by atoms with Crippen molar-refractivity contribution in [2.75, 3.05) is 5.73 Å². The lowest BCUT2D eigenvalue weighted by Gasteiger charge is -2.09. The number of anilines is 1. The second-order valence-corrected chi connectivity index (χ2v) is 5.79. The number of aromatic amines is 1. The lowest BCUT2D eigenvalue weighted by atomic mass is 10.1. The number of H-pyrrole nitrogens is 1. The zero-order chi connectivity index (χ0) is 15.1. The smallest absolute Gasteiger partial charge is 0.283 e. The van der Waals surface area contributed by atoms with Gasteiger partial charge in [0.25, 0.3) is 5.56 Å². The molecule has 3 N–H and O–H groups in total. The van der Waals surface area contributed by atoms with Crippen LogP contribution in [0.4, 0.5) is 5.95 Å². The number of halogens is 1. The molecule has 2 heterocycles. The first-order chi connectivity index (χ1) is 10.7. The summed E-state index contributed by atoms with van der Waals surface area (Å²) in [6, 6.07) is 8.65. The first-order valence-corrected chi connectivity index (χ1v) is 7.50. The van der Waals surface area contributed by atoms with Crippen LogP contribution in [-0.2, 0) is 13.0 Å². The molecule has 0 aliphatic heterocycles. The molecule has 0 unspecified atom stereocenters. The molecule has 3 aromatic rings. The number of nitrogen functional groups attached to an aromatic ring is 1. The number of nitrogens with one attached hydrogen (secondary N) is 1. The number of benzene rings is 1. The molecule has 0 saturated heterocycles. The molecule has 2 aromatic heterocycles. The second-order valence-electron chi connectivity index (χ2n) is 5.79. The van der Waals surface area contributed by atoms with Crippen molar-refractivity contribution in [2.45, 2.75) is 31.7 Å². The third-order valence-electron chi connectivity index (χ3n) is 4.22. The summed E-state index contributed by atoms with van der Waals surface area (Å²) in [5.41, 5.74) is 9.07. The van der Waals surface area contributed by atoms with Gasteiger partial charge in [0.15, 0.2) is 11.2 Å². The summed E-state index contributed by atoms with van der Waals surface area (Å²) in [6.07, 6.45) is 4.81. The number of imidazole rings is 1. The summed E-state index contributed by atoms with van der Waals surface area (Å²) in [5, 5.41) is 0. The van der Waals surface area contributed by atoms with Crippen molar-refractivity contribution in [3.8, 4) is 0 Å². The quantitative estimate of drug-likeness (QED) is 0.767. The molecular weight excluding hydrogens is 314 g/mol. The highest BCUT2D eigenvalue weighted by Gasteiger charge is 2.22. The Balaban J connectivity index is 0.00000156. The molecule has 0 bridgehead atoms. The highest BCUT2D eigenvalue weighted by molar-refractivity contribution is 5.85. The molecule has 1 aliphatic carbocycles. The Kier molecular flexibility index (Phi) is 4.09. The number of aromatic nitrogens is 4. The molecule has 0 spiro atoms. The number of hydrogen-bond donors (Lipinski definition) is 2.